The molecule has 7 heteroatoms. The average molecular weight is 397 g/mol. The number of ether oxygens (including phenoxy) is 1. The molecule has 2 aromatic carbocycles. The number of carbonyl (C=O) groups excluding carboxylic acids is 1. The Morgan fingerprint density at radius 3 is 2.64 bits per heavy atom. The van der Waals surface area contributed by atoms with Gasteiger partial charge in [0.2, 0.25) is 0 Å². The summed E-state index contributed by atoms with van der Waals surface area (Å²) in [6.45, 7) is 0.0714. The molecule has 1 aliphatic carbocycles. The van der Waals surface area contributed by atoms with Crippen molar-refractivity contribution >= 4 is 17.5 Å². The maximum atomic E-state index is 13.9. The molecule has 1 aromatic heterocycles. The molecule has 0 amide bonds. The van der Waals surface area contributed by atoms with E-state index in [1.165, 1.54) is 17.8 Å². The van der Waals surface area contributed by atoms with Crippen LogP contribution in [0.1, 0.15) is 31.5 Å². The minimum atomic E-state index is -0.421. The first-order valence-corrected chi connectivity index (χ1v) is 10.2. The number of ketones is 1. The largest absolute Gasteiger partial charge is 0.483 e. The van der Waals surface area contributed by atoms with Crippen LogP contribution >= 0.6 is 11.8 Å². The minimum Gasteiger partial charge on any atom is -0.483 e. The highest BCUT2D eigenvalue weighted by Gasteiger charge is 2.26. The second kappa shape index (κ2) is 8.56. The molecule has 1 atom stereocenters. The maximum Gasteiger partial charge on any atom is 0.196 e. The topological polar surface area (TPSA) is 57.0 Å². The molecule has 0 bridgehead atoms. The highest BCUT2D eigenvalue weighted by Crippen LogP contribution is 2.32. The zero-order chi connectivity index (χ0) is 19.3. The van der Waals surface area contributed by atoms with Gasteiger partial charge in [-0.25, -0.2) is 4.39 Å². The predicted molar refractivity (Wildman–Crippen MR) is 105 cm³/mol. The van der Waals surface area contributed by atoms with E-state index in [4.69, 9.17) is 4.74 Å². The fraction of sp³-hybridized carbons (Fsp3) is 0.286. The van der Waals surface area contributed by atoms with E-state index in [2.05, 4.69) is 10.2 Å². The van der Waals surface area contributed by atoms with Gasteiger partial charge in [-0.15, -0.1) is 10.2 Å². The molecule has 0 radical (unpaired) electrons. The van der Waals surface area contributed by atoms with E-state index in [1.807, 2.05) is 34.9 Å². The van der Waals surface area contributed by atoms with Gasteiger partial charge in [-0.1, -0.05) is 48.5 Å². The van der Waals surface area contributed by atoms with Gasteiger partial charge in [-0.05, 0) is 37.1 Å². The van der Waals surface area contributed by atoms with Gasteiger partial charge < -0.3 is 4.74 Å². The Kier molecular flexibility index (Phi) is 5.71. The summed E-state index contributed by atoms with van der Waals surface area (Å²) in [5, 5.41) is 9.12. The van der Waals surface area contributed by atoms with Crippen molar-refractivity contribution in [2.75, 3.05) is 0 Å². The number of Topliss-reactive ketones (excluding diaryl/α,β-unsaturated/α-hetero) is 1. The standard InChI is InChI=1S/C21H20FN3O2S/c22-16-10-4-6-12-18(16)27-14-20-23-24-21(25(20)15-8-2-1-3-9-15)28-19-13-7-5-11-17(19)26/h1-4,6,8-10,12,19H,5,7,11,13-14H2/t19-/m1/s1. The zero-order valence-corrected chi connectivity index (χ0v) is 16.1. The summed E-state index contributed by atoms with van der Waals surface area (Å²) in [6, 6.07) is 15.9. The molecule has 1 saturated carbocycles. The summed E-state index contributed by atoms with van der Waals surface area (Å²) in [6.07, 6.45) is 3.49. The Hall–Kier alpha value is -2.67. The zero-order valence-electron chi connectivity index (χ0n) is 15.3. The molecule has 0 saturated heterocycles. The SMILES string of the molecule is O=C1CCCC[C@H]1Sc1nnc(COc2ccccc2F)n1-c1ccccc1. The monoisotopic (exact) mass is 397 g/mol. The lowest BCUT2D eigenvalue weighted by atomic mass is 9.99. The second-order valence-corrected chi connectivity index (χ2v) is 7.78. The first kappa shape index (κ1) is 18.7. The van der Waals surface area contributed by atoms with Crippen molar-refractivity contribution in [2.24, 2.45) is 0 Å². The quantitative estimate of drug-likeness (QED) is 0.609. The number of halogens is 1. The number of carbonyl (C=O) groups is 1. The van der Waals surface area contributed by atoms with Crippen LogP contribution in [0.15, 0.2) is 59.8 Å². The molecule has 5 nitrogen and oxygen atoms in total. The van der Waals surface area contributed by atoms with Crippen LogP contribution in [0.2, 0.25) is 0 Å². The van der Waals surface area contributed by atoms with Gasteiger partial charge in [0.05, 0.1) is 5.25 Å². The number of aromatic nitrogens is 3. The summed E-state index contributed by atoms with van der Waals surface area (Å²) >= 11 is 1.45. The molecule has 1 aliphatic rings. The fourth-order valence-corrected chi connectivity index (χ4v) is 4.41. The van der Waals surface area contributed by atoms with Crippen LogP contribution in [0.3, 0.4) is 0 Å². The summed E-state index contributed by atoms with van der Waals surface area (Å²) < 4.78 is 21.4. The first-order valence-electron chi connectivity index (χ1n) is 9.29. The van der Waals surface area contributed by atoms with Crippen molar-refractivity contribution < 1.29 is 13.9 Å². The van der Waals surface area contributed by atoms with Gasteiger partial charge in [0.15, 0.2) is 22.5 Å². The highest BCUT2D eigenvalue weighted by molar-refractivity contribution is 8.00. The number of thioether (sulfide) groups is 1. The van der Waals surface area contributed by atoms with Crippen LogP contribution in [0.4, 0.5) is 4.39 Å². The van der Waals surface area contributed by atoms with Crippen molar-refractivity contribution in [3.63, 3.8) is 0 Å². The third kappa shape index (κ3) is 4.09. The van der Waals surface area contributed by atoms with Gasteiger partial charge >= 0.3 is 0 Å². The molecule has 1 heterocycles. The van der Waals surface area contributed by atoms with Crippen LogP contribution in [-0.4, -0.2) is 25.8 Å². The van der Waals surface area contributed by atoms with Gasteiger partial charge in [0.25, 0.3) is 0 Å². The van der Waals surface area contributed by atoms with Crippen molar-refractivity contribution in [2.45, 2.75) is 42.7 Å². The third-order valence-electron chi connectivity index (χ3n) is 4.65. The van der Waals surface area contributed by atoms with Gasteiger partial charge in [0, 0.05) is 12.1 Å². The smallest absolute Gasteiger partial charge is 0.196 e. The van der Waals surface area contributed by atoms with E-state index in [1.54, 1.807) is 18.2 Å². The molecule has 0 N–H and O–H groups in total. The lowest BCUT2D eigenvalue weighted by Crippen LogP contribution is -2.22. The Balaban J connectivity index is 1.62. The minimum absolute atomic E-state index is 0.0714. The van der Waals surface area contributed by atoms with Gasteiger partial charge in [-0.2, -0.15) is 0 Å². The van der Waals surface area contributed by atoms with E-state index < -0.39 is 5.82 Å². The molecule has 0 spiro atoms. The van der Waals surface area contributed by atoms with Crippen molar-refractivity contribution in [3.05, 3.63) is 66.2 Å². The van der Waals surface area contributed by atoms with Crippen LogP contribution in [0.25, 0.3) is 5.69 Å². The van der Waals surface area contributed by atoms with Crippen molar-refractivity contribution in [1.29, 1.82) is 0 Å². The molecular formula is C21H20FN3O2S. The number of hydrogen-bond donors (Lipinski definition) is 0. The van der Waals surface area contributed by atoms with Crippen molar-refractivity contribution in [3.8, 4) is 11.4 Å². The molecule has 28 heavy (non-hydrogen) atoms. The number of benzene rings is 2. The summed E-state index contributed by atoms with van der Waals surface area (Å²) in [5.74, 6) is 0.570. The second-order valence-electron chi connectivity index (χ2n) is 6.61. The molecule has 0 aliphatic heterocycles. The normalized spacial score (nSPS) is 16.9. The summed E-state index contributed by atoms with van der Waals surface area (Å²) in [7, 11) is 0. The molecular weight excluding hydrogens is 377 g/mol. The lowest BCUT2D eigenvalue weighted by Gasteiger charge is -2.20. The average Bonchev–Trinajstić information content (AvgIpc) is 3.12. The number of rotatable bonds is 6. The van der Waals surface area contributed by atoms with Crippen LogP contribution in [-0.2, 0) is 11.4 Å². The maximum absolute atomic E-state index is 13.9. The highest BCUT2D eigenvalue weighted by atomic mass is 32.2. The van der Waals surface area contributed by atoms with E-state index in [-0.39, 0.29) is 23.4 Å². The first-order chi connectivity index (χ1) is 13.7. The Morgan fingerprint density at radius 1 is 1.07 bits per heavy atom. The van der Waals surface area contributed by atoms with Gasteiger partial charge in [-0.3, -0.25) is 9.36 Å². The van der Waals surface area contributed by atoms with Crippen molar-refractivity contribution in [1.82, 2.24) is 14.8 Å². The van der Waals surface area contributed by atoms with E-state index in [0.717, 1.165) is 24.9 Å². The molecule has 4 rings (SSSR count). The Bertz CT molecular complexity index is 961. The predicted octanol–water partition coefficient (Wildman–Crippen LogP) is 4.59. The summed E-state index contributed by atoms with van der Waals surface area (Å²) in [5.41, 5.74) is 0.880. The number of hydrogen-bond acceptors (Lipinski definition) is 5. The van der Waals surface area contributed by atoms with Crippen LogP contribution < -0.4 is 4.74 Å². The van der Waals surface area contributed by atoms with E-state index in [0.29, 0.717) is 17.4 Å². The van der Waals surface area contributed by atoms with Gasteiger partial charge in [0.1, 0.15) is 12.4 Å². The third-order valence-corrected chi connectivity index (χ3v) is 5.91. The lowest BCUT2D eigenvalue weighted by molar-refractivity contribution is -0.119. The Morgan fingerprint density at radius 2 is 1.86 bits per heavy atom. The van der Waals surface area contributed by atoms with E-state index in [9.17, 15) is 9.18 Å². The molecule has 144 valence electrons. The Labute approximate surface area is 166 Å². The molecule has 1 fully saturated rings. The number of nitrogens with zero attached hydrogens (tertiary/aromatic N) is 3. The van der Waals surface area contributed by atoms with Crippen LogP contribution in [0.5, 0.6) is 5.75 Å². The summed E-state index contributed by atoms with van der Waals surface area (Å²) in [4.78, 5) is 12.3. The molecule has 3 aromatic rings. The number of para-hydroxylation sites is 2. The fourth-order valence-electron chi connectivity index (χ4n) is 3.21. The van der Waals surface area contributed by atoms with Crippen LogP contribution in [0, 0.1) is 5.82 Å². The van der Waals surface area contributed by atoms with E-state index >= 15 is 0 Å². The molecule has 0 unspecified atom stereocenters.